The van der Waals surface area contributed by atoms with Crippen molar-refractivity contribution in [2.75, 3.05) is 11.9 Å². The van der Waals surface area contributed by atoms with Gasteiger partial charge in [0, 0.05) is 22.7 Å². The number of halogens is 1. The number of hydrogen-bond acceptors (Lipinski definition) is 3. The molecular formula is C12H12ClNO4. The largest absolute Gasteiger partial charge is 0.478 e. The number of carboxylic acid groups (broad SMARTS) is 1. The highest BCUT2D eigenvalue weighted by molar-refractivity contribution is 6.30. The normalized spacial score (nSPS) is 9.61. The first-order valence-corrected chi connectivity index (χ1v) is 5.47. The summed E-state index contributed by atoms with van der Waals surface area (Å²) < 4.78 is 4.79. The molecular weight excluding hydrogens is 258 g/mol. The van der Waals surface area contributed by atoms with Crippen LogP contribution in [0.4, 0.5) is 10.5 Å². The predicted octanol–water partition coefficient (Wildman–Crippen LogP) is 2.92. The molecule has 0 aliphatic rings. The standard InChI is InChI=1S/C12H12ClNO4/c1-8(11(15)16)5-6-18-12(17)14-10-4-2-3-9(13)7-10/h2-4,7H,1,5-6H2,(H,14,17)(H,15,16). The minimum Gasteiger partial charge on any atom is -0.478 e. The number of amides is 1. The van der Waals surface area contributed by atoms with Crippen LogP contribution in [0.5, 0.6) is 0 Å². The molecule has 1 amide bonds. The van der Waals surface area contributed by atoms with Crippen LogP contribution in [0.25, 0.3) is 0 Å². The molecule has 1 aromatic rings. The molecule has 0 spiro atoms. The van der Waals surface area contributed by atoms with Crippen LogP contribution < -0.4 is 5.32 Å². The predicted molar refractivity (Wildman–Crippen MR) is 67.8 cm³/mol. The molecule has 0 heterocycles. The average molecular weight is 270 g/mol. The summed E-state index contributed by atoms with van der Waals surface area (Å²) in [4.78, 5) is 21.8. The maximum Gasteiger partial charge on any atom is 0.411 e. The van der Waals surface area contributed by atoms with Crippen LogP contribution in [-0.4, -0.2) is 23.8 Å². The molecule has 0 atom stereocenters. The van der Waals surface area contributed by atoms with Gasteiger partial charge in [-0.15, -0.1) is 0 Å². The zero-order valence-corrected chi connectivity index (χ0v) is 10.2. The maximum atomic E-state index is 11.3. The lowest BCUT2D eigenvalue weighted by Gasteiger charge is -2.07. The second kappa shape index (κ2) is 6.66. The van der Waals surface area contributed by atoms with Gasteiger partial charge in [0.2, 0.25) is 0 Å². The Hall–Kier alpha value is -2.01. The smallest absolute Gasteiger partial charge is 0.411 e. The molecule has 1 aromatic carbocycles. The van der Waals surface area contributed by atoms with Crippen LogP contribution in [0.15, 0.2) is 36.4 Å². The molecule has 5 nitrogen and oxygen atoms in total. The fourth-order valence-electron chi connectivity index (χ4n) is 1.09. The van der Waals surface area contributed by atoms with Gasteiger partial charge in [0.1, 0.15) is 0 Å². The maximum absolute atomic E-state index is 11.3. The van der Waals surface area contributed by atoms with E-state index in [1.54, 1.807) is 24.3 Å². The van der Waals surface area contributed by atoms with E-state index in [1.165, 1.54) is 0 Å². The van der Waals surface area contributed by atoms with Gasteiger partial charge in [-0.05, 0) is 18.2 Å². The van der Waals surface area contributed by atoms with E-state index in [0.29, 0.717) is 10.7 Å². The molecule has 0 bridgehead atoms. The molecule has 0 saturated carbocycles. The number of benzene rings is 1. The summed E-state index contributed by atoms with van der Waals surface area (Å²) in [6.07, 6.45) is -0.589. The van der Waals surface area contributed by atoms with E-state index in [4.69, 9.17) is 21.4 Å². The number of anilines is 1. The highest BCUT2D eigenvalue weighted by Gasteiger charge is 2.07. The van der Waals surface area contributed by atoms with E-state index in [-0.39, 0.29) is 18.6 Å². The van der Waals surface area contributed by atoms with Crippen LogP contribution in [-0.2, 0) is 9.53 Å². The third kappa shape index (κ3) is 4.88. The third-order valence-electron chi connectivity index (χ3n) is 2.01. The molecule has 0 radical (unpaired) electrons. The molecule has 0 saturated heterocycles. The first-order chi connectivity index (χ1) is 8.49. The number of aliphatic carboxylic acids is 1. The lowest BCUT2D eigenvalue weighted by Crippen LogP contribution is -2.15. The number of hydrogen-bond donors (Lipinski definition) is 2. The highest BCUT2D eigenvalue weighted by Crippen LogP contribution is 2.15. The molecule has 6 heteroatoms. The quantitative estimate of drug-likeness (QED) is 0.806. The van der Waals surface area contributed by atoms with Crippen molar-refractivity contribution < 1.29 is 19.4 Å². The van der Waals surface area contributed by atoms with E-state index in [2.05, 4.69) is 11.9 Å². The second-order valence-corrected chi connectivity index (χ2v) is 3.87. The first kappa shape index (κ1) is 14.1. The number of ether oxygens (including phenoxy) is 1. The first-order valence-electron chi connectivity index (χ1n) is 5.09. The van der Waals surface area contributed by atoms with Gasteiger partial charge in [0.05, 0.1) is 6.61 Å². The van der Waals surface area contributed by atoms with Gasteiger partial charge in [0.25, 0.3) is 0 Å². The summed E-state index contributed by atoms with van der Waals surface area (Å²) >= 11 is 5.74. The van der Waals surface area contributed by atoms with Gasteiger partial charge in [-0.2, -0.15) is 0 Å². The topological polar surface area (TPSA) is 75.6 Å². The van der Waals surface area contributed by atoms with Gasteiger partial charge in [-0.3, -0.25) is 5.32 Å². The van der Waals surface area contributed by atoms with Crippen molar-refractivity contribution in [1.82, 2.24) is 0 Å². The summed E-state index contributed by atoms with van der Waals surface area (Å²) in [5.41, 5.74) is 0.495. The van der Waals surface area contributed by atoms with Crippen molar-refractivity contribution in [3.05, 3.63) is 41.4 Å². The van der Waals surface area contributed by atoms with Crippen LogP contribution >= 0.6 is 11.6 Å². The molecule has 0 aliphatic heterocycles. The van der Waals surface area contributed by atoms with E-state index in [1.807, 2.05) is 0 Å². The summed E-state index contributed by atoms with van der Waals surface area (Å²) in [5, 5.41) is 11.5. The highest BCUT2D eigenvalue weighted by atomic mass is 35.5. The molecule has 18 heavy (non-hydrogen) atoms. The van der Waals surface area contributed by atoms with Crippen molar-refractivity contribution >= 4 is 29.4 Å². The number of carboxylic acids is 1. The molecule has 96 valence electrons. The van der Waals surface area contributed by atoms with Crippen LogP contribution in [0.1, 0.15) is 6.42 Å². The lowest BCUT2D eigenvalue weighted by molar-refractivity contribution is -0.132. The van der Waals surface area contributed by atoms with E-state index < -0.39 is 12.1 Å². The second-order valence-electron chi connectivity index (χ2n) is 3.43. The fourth-order valence-corrected chi connectivity index (χ4v) is 1.28. The Balaban J connectivity index is 2.34. The Kier molecular flexibility index (Phi) is 5.20. The van der Waals surface area contributed by atoms with Crippen molar-refractivity contribution in [2.45, 2.75) is 6.42 Å². The minimum absolute atomic E-state index is 0.00874. The van der Waals surface area contributed by atoms with Gasteiger partial charge < -0.3 is 9.84 Å². The van der Waals surface area contributed by atoms with E-state index in [9.17, 15) is 9.59 Å². The molecule has 2 N–H and O–H groups in total. The average Bonchev–Trinajstić information content (AvgIpc) is 2.28. The summed E-state index contributed by atoms with van der Waals surface area (Å²) in [6, 6.07) is 6.58. The van der Waals surface area contributed by atoms with Crippen LogP contribution in [0.2, 0.25) is 5.02 Å². The van der Waals surface area contributed by atoms with Crippen LogP contribution in [0.3, 0.4) is 0 Å². The molecule has 0 aromatic heterocycles. The number of carbonyl (C=O) groups is 2. The Morgan fingerprint density at radius 1 is 1.44 bits per heavy atom. The molecule has 1 rings (SSSR count). The molecule has 0 aliphatic carbocycles. The zero-order chi connectivity index (χ0) is 13.5. The van der Waals surface area contributed by atoms with Crippen molar-refractivity contribution in [1.29, 1.82) is 0 Å². The summed E-state index contributed by atoms with van der Waals surface area (Å²) in [6.45, 7) is 3.27. The van der Waals surface area contributed by atoms with E-state index in [0.717, 1.165) is 0 Å². The molecule has 0 fully saturated rings. The van der Waals surface area contributed by atoms with Crippen molar-refractivity contribution in [2.24, 2.45) is 0 Å². The SMILES string of the molecule is C=C(CCOC(=O)Nc1cccc(Cl)c1)C(=O)O. The van der Waals surface area contributed by atoms with Crippen molar-refractivity contribution in [3.63, 3.8) is 0 Å². The van der Waals surface area contributed by atoms with Gasteiger partial charge >= 0.3 is 12.1 Å². The van der Waals surface area contributed by atoms with Crippen molar-refractivity contribution in [3.8, 4) is 0 Å². The monoisotopic (exact) mass is 269 g/mol. The lowest BCUT2D eigenvalue weighted by atomic mass is 10.2. The Morgan fingerprint density at radius 3 is 2.78 bits per heavy atom. The summed E-state index contributed by atoms with van der Waals surface area (Å²) in [7, 11) is 0. The Morgan fingerprint density at radius 2 is 2.17 bits per heavy atom. The summed E-state index contributed by atoms with van der Waals surface area (Å²) in [5.74, 6) is -1.10. The van der Waals surface area contributed by atoms with Gasteiger partial charge in [-0.1, -0.05) is 24.2 Å². The van der Waals surface area contributed by atoms with Gasteiger partial charge in [-0.25, -0.2) is 9.59 Å². The number of carbonyl (C=O) groups excluding carboxylic acids is 1. The van der Waals surface area contributed by atoms with Crippen LogP contribution in [0, 0.1) is 0 Å². The number of nitrogens with one attached hydrogen (secondary N) is 1. The van der Waals surface area contributed by atoms with E-state index >= 15 is 0 Å². The fraction of sp³-hybridized carbons (Fsp3) is 0.167. The Labute approximate surface area is 109 Å². The molecule has 0 unspecified atom stereocenters. The third-order valence-corrected chi connectivity index (χ3v) is 2.25. The number of rotatable bonds is 5. The Bertz CT molecular complexity index is 473. The zero-order valence-electron chi connectivity index (χ0n) is 9.48. The van der Waals surface area contributed by atoms with Gasteiger partial charge in [0.15, 0.2) is 0 Å². The minimum atomic E-state index is -1.10.